The highest BCUT2D eigenvalue weighted by atomic mass is 127. The first-order chi connectivity index (χ1) is 4.75. The maximum absolute atomic E-state index is 12.7. The molecule has 0 atom stereocenters. The van der Waals surface area contributed by atoms with E-state index in [0.717, 1.165) is 0 Å². The van der Waals surface area contributed by atoms with Gasteiger partial charge in [0.05, 0.1) is 3.57 Å². The lowest BCUT2D eigenvalue weighted by atomic mass is 10.3. The maximum atomic E-state index is 12.7. The molecule has 0 bridgehead atoms. The zero-order chi connectivity index (χ0) is 7.56. The van der Waals surface area contributed by atoms with Gasteiger partial charge in [-0.3, -0.25) is 4.98 Å². The van der Waals surface area contributed by atoms with E-state index < -0.39 is 12.5 Å². The van der Waals surface area contributed by atoms with Gasteiger partial charge in [0.15, 0.2) is 0 Å². The first-order valence-electron chi connectivity index (χ1n) is 2.59. The summed E-state index contributed by atoms with van der Waals surface area (Å²) in [6.07, 6.45) is 2.55. The second kappa shape index (κ2) is 3.23. The van der Waals surface area contributed by atoms with Gasteiger partial charge in [-0.15, -0.1) is 0 Å². The minimum absolute atomic E-state index is 0.0203. The molecule has 1 rings (SSSR count). The Morgan fingerprint density at radius 1 is 1.50 bits per heavy atom. The molecule has 0 unspecified atom stereocenters. The van der Waals surface area contributed by atoms with Crippen LogP contribution in [0.15, 0.2) is 12.4 Å². The Hall–Kier alpha value is -0.260. The van der Waals surface area contributed by atoms with Crippen molar-refractivity contribution in [1.29, 1.82) is 0 Å². The Morgan fingerprint density at radius 3 is 2.70 bits per heavy atom. The molecule has 10 heavy (non-hydrogen) atoms. The topological polar surface area (TPSA) is 12.9 Å². The van der Waals surface area contributed by atoms with Crippen LogP contribution in [0.3, 0.4) is 0 Å². The predicted octanol–water partition coefficient (Wildman–Crippen LogP) is 2.29. The van der Waals surface area contributed by atoms with Crippen LogP contribution >= 0.6 is 22.6 Å². The minimum atomic E-state index is -0.796. The molecule has 1 nitrogen and oxygen atoms in total. The summed E-state index contributed by atoms with van der Waals surface area (Å²) in [6.45, 7) is -0.796. The van der Waals surface area contributed by atoms with E-state index in [2.05, 4.69) is 4.98 Å². The van der Waals surface area contributed by atoms with Gasteiger partial charge < -0.3 is 0 Å². The van der Waals surface area contributed by atoms with Crippen molar-refractivity contribution < 1.29 is 8.78 Å². The third-order valence-corrected chi connectivity index (χ3v) is 1.81. The van der Waals surface area contributed by atoms with Gasteiger partial charge in [-0.25, -0.2) is 8.78 Å². The van der Waals surface area contributed by atoms with E-state index in [-0.39, 0.29) is 5.56 Å². The van der Waals surface area contributed by atoms with Gasteiger partial charge in [-0.05, 0) is 22.6 Å². The number of rotatable bonds is 1. The van der Waals surface area contributed by atoms with Crippen LogP contribution in [-0.4, -0.2) is 4.98 Å². The summed E-state index contributed by atoms with van der Waals surface area (Å²) in [4.78, 5) is 3.63. The molecule has 4 heteroatoms. The van der Waals surface area contributed by atoms with Gasteiger partial charge in [0.1, 0.15) is 12.5 Å². The number of hydrogen-bond acceptors (Lipinski definition) is 1. The van der Waals surface area contributed by atoms with Crippen molar-refractivity contribution >= 4 is 22.6 Å². The van der Waals surface area contributed by atoms with E-state index in [0.29, 0.717) is 3.57 Å². The van der Waals surface area contributed by atoms with Crippen molar-refractivity contribution in [3.8, 4) is 0 Å². The smallest absolute Gasteiger partial charge is 0.145 e. The van der Waals surface area contributed by atoms with Crippen LogP contribution in [0.5, 0.6) is 0 Å². The number of aromatic nitrogens is 1. The average molecular weight is 255 g/mol. The number of pyridine rings is 1. The maximum Gasteiger partial charge on any atom is 0.145 e. The van der Waals surface area contributed by atoms with Crippen LogP contribution in [0.2, 0.25) is 0 Å². The van der Waals surface area contributed by atoms with E-state index >= 15 is 0 Å². The molecule has 0 saturated carbocycles. The van der Waals surface area contributed by atoms with Gasteiger partial charge in [0.25, 0.3) is 0 Å². The predicted molar refractivity (Wildman–Crippen MR) is 41.7 cm³/mol. The number of alkyl halides is 1. The second-order valence-electron chi connectivity index (χ2n) is 1.73. The lowest BCUT2D eigenvalue weighted by Gasteiger charge is -1.96. The van der Waals surface area contributed by atoms with Crippen LogP contribution in [-0.2, 0) is 6.67 Å². The Balaban J connectivity index is 3.14. The summed E-state index contributed by atoms with van der Waals surface area (Å²) in [5.74, 6) is -0.502. The van der Waals surface area contributed by atoms with Crippen LogP contribution in [0.1, 0.15) is 5.56 Å². The van der Waals surface area contributed by atoms with Gasteiger partial charge in [0, 0.05) is 18.0 Å². The standard InChI is InChI=1S/C6H4F2IN/c7-1-4-2-10-3-5(9)6(4)8/h2-3H,1H2. The first kappa shape index (κ1) is 7.84. The van der Waals surface area contributed by atoms with Crippen molar-refractivity contribution in [2.45, 2.75) is 6.67 Å². The highest BCUT2D eigenvalue weighted by Gasteiger charge is 2.04. The van der Waals surface area contributed by atoms with Gasteiger partial charge in [-0.2, -0.15) is 0 Å². The number of nitrogens with zero attached hydrogens (tertiary/aromatic N) is 1. The molecule has 0 spiro atoms. The molecule has 0 aliphatic carbocycles. The average Bonchev–Trinajstić information content (AvgIpc) is 1.95. The van der Waals surface area contributed by atoms with Crippen LogP contribution in [0, 0.1) is 9.39 Å². The van der Waals surface area contributed by atoms with E-state index in [9.17, 15) is 8.78 Å². The second-order valence-corrected chi connectivity index (χ2v) is 2.89. The summed E-state index contributed by atoms with van der Waals surface area (Å²) in [5, 5.41) is 0. The number of halogens is 3. The van der Waals surface area contributed by atoms with Crippen molar-refractivity contribution in [3.63, 3.8) is 0 Å². The monoisotopic (exact) mass is 255 g/mol. The summed E-state index contributed by atoms with van der Waals surface area (Å²) in [6, 6.07) is 0. The molecule has 54 valence electrons. The Morgan fingerprint density at radius 2 is 2.20 bits per heavy atom. The lowest BCUT2D eigenvalue weighted by molar-refractivity contribution is 0.460. The molecule has 1 aromatic rings. The van der Waals surface area contributed by atoms with E-state index in [4.69, 9.17) is 0 Å². The lowest BCUT2D eigenvalue weighted by Crippen LogP contribution is -1.91. The summed E-state index contributed by atoms with van der Waals surface area (Å²) in [7, 11) is 0. The Bertz CT molecular complexity index is 239. The highest BCUT2D eigenvalue weighted by Crippen LogP contribution is 2.13. The molecule has 0 saturated heterocycles. The normalized spacial score (nSPS) is 9.90. The van der Waals surface area contributed by atoms with E-state index in [1.54, 1.807) is 22.6 Å². The van der Waals surface area contributed by atoms with Crippen molar-refractivity contribution in [3.05, 3.63) is 27.3 Å². The molecule has 0 aliphatic rings. The van der Waals surface area contributed by atoms with Gasteiger partial charge >= 0.3 is 0 Å². The third-order valence-electron chi connectivity index (χ3n) is 1.05. The SMILES string of the molecule is FCc1cncc(I)c1F. The van der Waals surface area contributed by atoms with Crippen molar-refractivity contribution in [2.75, 3.05) is 0 Å². The molecular formula is C6H4F2IN. The summed E-state index contributed by atoms with van der Waals surface area (Å²) in [5.41, 5.74) is 0.0203. The quantitative estimate of drug-likeness (QED) is 0.701. The van der Waals surface area contributed by atoms with Crippen LogP contribution < -0.4 is 0 Å². The Kier molecular flexibility index (Phi) is 2.53. The fraction of sp³-hybridized carbons (Fsp3) is 0.167. The minimum Gasteiger partial charge on any atom is -0.263 e. The molecule has 0 N–H and O–H groups in total. The number of hydrogen-bond donors (Lipinski definition) is 0. The largest absolute Gasteiger partial charge is 0.263 e. The van der Waals surface area contributed by atoms with Crippen molar-refractivity contribution in [1.82, 2.24) is 4.98 Å². The zero-order valence-corrected chi connectivity index (χ0v) is 7.10. The van der Waals surface area contributed by atoms with E-state index in [1.165, 1.54) is 12.4 Å². The third kappa shape index (κ3) is 1.42. The fourth-order valence-corrected chi connectivity index (χ4v) is 1.06. The van der Waals surface area contributed by atoms with Gasteiger partial charge in [0.2, 0.25) is 0 Å². The highest BCUT2D eigenvalue weighted by molar-refractivity contribution is 14.1. The van der Waals surface area contributed by atoms with Gasteiger partial charge in [-0.1, -0.05) is 0 Å². The Labute approximate surface area is 70.6 Å². The summed E-state index contributed by atoms with van der Waals surface area (Å²) >= 11 is 1.77. The molecule has 0 fully saturated rings. The molecular weight excluding hydrogens is 251 g/mol. The molecule has 0 aliphatic heterocycles. The van der Waals surface area contributed by atoms with Crippen molar-refractivity contribution in [2.24, 2.45) is 0 Å². The fourth-order valence-electron chi connectivity index (χ4n) is 0.553. The van der Waals surface area contributed by atoms with E-state index in [1.807, 2.05) is 0 Å². The molecule has 0 radical (unpaired) electrons. The molecule has 0 amide bonds. The summed E-state index contributed by atoms with van der Waals surface area (Å²) < 4.78 is 25.0. The van der Waals surface area contributed by atoms with Crippen LogP contribution in [0.4, 0.5) is 8.78 Å². The van der Waals surface area contributed by atoms with Crippen LogP contribution in [0.25, 0.3) is 0 Å². The zero-order valence-electron chi connectivity index (χ0n) is 4.94. The molecule has 0 aromatic carbocycles. The molecule has 1 heterocycles. The molecule has 1 aromatic heterocycles. The first-order valence-corrected chi connectivity index (χ1v) is 3.67.